The van der Waals surface area contributed by atoms with Crippen molar-refractivity contribution < 1.29 is 0 Å². The maximum absolute atomic E-state index is 4.40. The monoisotopic (exact) mass is 366 g/mol. The molecule has 0 spiro atoms. The predicted molar refractivity (Wildman–Crippen MR) is 117 cm³/mol. The summed E-state index contributed by atoms with van der Waals surface area (Å²) in [5.41, 5.74) is 4.53. The van der Waals surface area contributed by atoms with Crippen molar-refractivity contribution in [3.63, 3.8) is 0 Å². The molecule has 5 rings (SSSR count). The molecule has 138 valence electrons. The van der Waals surface area contributed by atoms with Crippen molar-refractivity contribution in [2.24, 2.45) is 14.1 Å². The van der Waals surface area contributed by atoms with Crippen LogP contribution in [-0.2, 0) is 14.1 Å². The van der Waals surface area contributed by atoms with Gasteiger partial charge in [-0.15, -0.1) is 0 Å². The summed E-state index contributed by atoms with van der Waals surface area (Å²) in [4.78, 5) is 6.71. The fourth-order valence-electron chi connectivity index (χ4n) is 4.03. The molecule has 4 nitrogen and oxygen atoms in total. The molecule has 0 radical (unpaired) electrons. The van der Waals surface area contributed by atoms with Gasteiger partial charge in [-0.25, -0.2) is 0 Å². The summed E-state index contributed by atoms with van der Waals surface area (Å²) in [5.74, 6) is 2.25. The van der Waals surface area contributed by atoms with Crippen molar-refractivity contribution in [2.75, 3.05) is 4.90 Å². The van der Waals surface area contributed by atoms with E-state index in [1.54, 1.807) is 0 Å². The van der Waals surface area contributed by atoms with Crippen LogP contribution in [-0.4, -0.2) is 14.1 Å². The van der Waals surface area contributed by atoms with Crippen LogP contribution in [0, 0.1) is 6.92 Å². The van der Waals surface area contributed by atoms with Crippen LogP contribution in [0.2, 0.25) is 0 Å². The van der Waals surface area contributed by atoms with Crippen LogP contribution in [0.5, 0.6) is 0 Å². The summed E-state index contributed by atoms with van der Waals surface area (Å²) >= 11 is 0. The Labute approximate surface area is 164 Å². The Balaban J connectivity index is 1.82. The Morgan fingerprint density at radius 2 is 1.25 bits per heavy atom. The van der Waals surface area contributed by atoms with Gasteiger partial charge in [0.05, 0.1) is 5.69 Å². The van der Waals surface area contributed by atoms with Crippen LogP contribution in [0.3, 0.4) is 0 Å². The topological polar surface area (TPSA) is 26.0 Å². The van der Waals surface area contributed by atoms with Gasteiger partial charge >= 0.3 is 0 Å². The van der Waals surface area contributed by atoms with Gasteiger partial charge in [0, 0.05) is 47.8 Å². The number of nitrogens with zero attached hydrogens (tertiary/aromatic N) is 4. The van der Waals surface area contributed by atoms with Gasteiger partial charge in [-0.1, -0.05) is 36.4 Å². The van der Waals surface area contributed by atoms with Gasteiger partial charge in [-0.2, -0.15) is 0 Å². The summed E-state index contributed by atoms with van der Waals surface area (Å²) in [7, 11) is 4.25. The lowest BCUT2D eigenvalue weighted by atomic mass is 10.2. The summed E-state index contributed by atoms with van der Waals surface area (Å²) in [6, 6.07) is 25.7. The second kappa shape index (κ2) is 6.27. The highest BCUT2D eigenvalue weighted by Gasteiger charge is 2.21. The van der Waals surface area contributed by atoms with E-state index in [0.717, 1.165) is 23.0 Å². The summed E-state index contributed by atoms with van der Waals surface area (Å²) in [6.45, 7) is 2.03. The fourth-order valence-corrected chi connectivity index (χ4v) is 4.03. The zero-order valence-corrected chi connectivity index (χ0v) is 16.3. The average molecular weight is 366 g/mol. The molecule has 0 amide bonds. The largest absolute Gasteiger partial charge is 0.330 e. The molecule has 0 N–H and O–H groups in total. The van der Waals surface area contributed by atoms with Crippen molar-refractivity contribution >= 4 is 39.1 Å². The minimum absolute atomic E-state index is 1.00. The Kier molecular flexibility index (Phi) is 3.72. The van der Waals surface area contributed by atoms with Gasteiger partial charge in [0.15, 0.2) is 0 Å². The third-order valence-corrected chi connectivity index (χ3v) is 5.45. The molecular formula is C24H22N4. The van der Waals surface area contributed by atoms with Crippen molar-refractivity contribution in [1.82, 2.24) is 14.1 Å². The first-order valence-corrected chi connectivity index (χ1v) is 9.45. The minimum Gasteiger partial charge on any atom is -0.330 e. The number of rotatable bonds is 3. The molecule has 3 heterocycles. The van der Waals surface area contributed by atoms with Crippen LogP contribution in [0.4, 0.5) is 17.3 Å². The number of benzene rings is 2. The quantitative estimate of drug-likeness (QED) is 0.401. The van der Waals surface area contributed by atoms with Gasteiger partial charge in [0.2, 0.25) is 0 Å². The first-order chi connectivity index (χ1) is 13.6. The molecule has 0 saturated heterocycles. The van der Waals surface area contributed by atoms with Crippen molar-refractivity contribution in [3.05, 3.63) is 84.7 Å². The first-order valence-electron chi connectivity index (χ1n) is 9.45. The third kappa shape index (κ3) is 2.49. The van der Waals surface area contributed by atoms with E-state index in [1.165, 1.54) is 21.8 Å². The Morgan fingerprint density at radius 3 is 1.75 bits per heavy atom. The van der Waals surface area contributed by atoms with E-state index >= 15 is 0 Å². The smallest absolute Gasteiger partial charge is 0.119 e. The Bertz CT molecular complexity index is 1230. The van der Waals surface area contributed by atoms with E-state index in [1.807, 2.05) is 13.1 Å². The van der Waals surface area contributed by atoms with Crippen LogP contribution < -0.4 is 4.90 Å². The molecule has 0 aliphatic heterocycles. The molecule has 28 heavy (non-hydrogen) atoms. The molecule has 0 atom stereocenters. The molecule has 0 saturated carbocycles. The molecule has 4 heteroatoms. The molecular weight excluding hydrogens is 344 g/mol. The van der Waals surface area contributed by atoms with Gasteiger partial charge in [0.1, 0.15) is 11.6 Å². The Morgan fingerprint density at radius 1 is 0.714 bits per heavy atom. The average Bonchev–Trinajstić information content (AvgIpc) is 3.21. The molecule has 3 aromatic heterocycles. The van der Waals surface area contributed by atoms with Gasteiger partial charge < -0.3 is 9.13 Å². The van der Waals surface area contributed by atoms with E-state index in [9.17, 15) is 0 Å². The van der Waals surface area contributed by atoms with Crippen LogP contribution in [0.25, 0.3) is 21.8 Å². The summed E-state index contributed by atoms with van der Waals surface area (Å²) < 4.78 is 4.51. The van der Waals surface area contributed by atoms with Crippen molar-refractivity contribution in [2.45, 2.75) is 6.92 Å². The SMILES string of the molecule is Cc1cc(N(c2cc3ccccc3n2C)c2cc3ccccc3n2C)ccn1. The molecule has 5 aromatic rings. The highest BCUT2D eigenvalue weighted by molar-refractivity contribution is 5.92. The van der Waals surface area contributed by atoms with Crippen LogP contribution >= 0.6 is 0 Å². The number of hydrogen-bond acceptors (Lipinski definition) is 2. The molecule has 0 fully saturated rings. The molecule has 0 aliphatic rings. The van der Waals surface area contributed by atoms with Gasteiger partial charge in [-0.3, -0.25) is 9.88 Å². The lowest BCUT2D eigenvalue weighted by Crippen LogP contribution is -2.16. The van der Waals surface area contributed by atoms with E-state index in [-0.39, 0.29) is 0 Å². The fraction of sp³-hybridized carbons (Fsp3) is 0.125. The molecule has 2 aromatic carbocycles. The number of anilines is 3. The maximum Gasteiger partial charge on any atom is 0.119 e. The van der Waals surface area contributed by atoms with Gasteiger partial charge in [-0.05, 0) is 43.3 Å². The highest BCUT2D eigenvalue weighted by atomic mass is 15.3. The molecule has 0 unspecified atom stereocenters. The number of para-hydroxylation sites is 2. The lowest BCUT2D eigenvalue weighted by molar-refractivity contribution is 0.902. The Hall–Kier alpha value is -3.53. The van der Waals surface area contributed by atoms with E-state index in [2.05, 4.69) is 106 Å². The number of hydrogen-bond donors (Lipinski definition) is 0. The maximum atomic E-state index is 4.40. The number of aromatic nitrogens is 3. The number of pyridine rings is 1. The zero-order chi connectivity index (χ0) is 19.3. The number of fused-ring (bicyclic) bond motifs is 2. The standard InChI is InChI=1S/C24H22N4/c1-17-14-20(12-13-25-17)28(23-15-18-8-4-6-10-21(18)26(23)2)24-16-19-9-5-7-11-22(19)27(24)3/h4-16H,1-3H3. The molecule has 0 bridgehead atoms. The van der Waals surface area contributed by atoms with E-state index in [4.69, 9.17) is 0 Å². The number of aryl methyl sites for hydroxylation is 3. The second-order valence-electron chi connectivity index (χ2n) is 7.23. The summed E-state index contributed by atoms with van der Waals surface area (Å²) in [6.07, 6.45) is 1.88. The lowest BCUT2D eigenvalue weighted by Gasteiger charge is -2.26. The first kappa shape index (κ1) is 16.6. The van der Waals surface area contributed by atoms with Gasteiger partial charge in [0.25, 0.3) is 0 Å². The zero-order valence-electron chi connectivity index (χ0n) is 16.3. The highest BCUT2D eigenvalue weighted by Crippen LogP contribution is 2.39. The predicted octanol–water partition coefficient (Wildman–Crippen LogP) is 5.84. The van der Waals surface area contributed by atoms with E-state index < -0.39 is 0 Å². The van der Waals surface area contributed by atoms with Crippen LogP contribution in [0.1, 0.15) is 5.69 Å². The van der Waals surface area contributed by atoms with Crippen molar-refractivity contribution in [1.29, 1.82) is 0 Å². The van der Waals surface area contributed by atoms with Crippen molar-refractivity contribution in [3.8, 4) is 0 Å². The molecule has 0 aliphatic carbocycles. The third-order valence-electron chi connectivity index (χ3n) is 5.45. The summed E-state index contributed by atoms with van der Waals surface area (Å²) in [5, 5.41) is 2.46. The van der Waals surface area contributed by atoms with Crippen LogP contribution in [0.15, 0.2) is 79.0 Å². The normalized spacial score (nSPS) is 11.4. The van der Waals surface area contributed by atoms with E-state index in [0.29, 0.717) is 0 Å². The minimum atomic E-state index is 1.00. The second-order valence-corrected chi connectivity index (χ2v) is 7.23.